The third-order valence-corrected chi connectivity index (χ3v) is 5.27. The predicted octanol–water partition coefficient (Wildman–Crippen LogP) is 4.62. The first kappa shape index (κ1) is 18.1. The van der Waals surface area contributed by atoms with Crippen LogP contribution in [0.2, 0.25) is 15.1 Å². The quantitative estimate of drug-likeness (QED) is 0.532. The molecule has 2 aromatic rings. The molecule has 0 saturated heterocycles. The molecule has 0 saturated carbocycles. The van der Waals surface area contributed by atoms with E-state index < -0.39 is 9.84 Å². The van der Waals surface area contributed by atoms with Gasteiger partial charge in [-0.2, -0.15) is 0 Å². The highest BCUT2D eigenvalue weighted by molar-refractivity contribution is 7.92. The normalized spacial score (nSPS) is 11.8. The monoisotopic (exact) mass is 391 g/mol. The van der Waals surface area contributed by atoms with E-state index in [0.29, 0.717) is 20.6 Å². The zero-order valence-electron chi connectivity index (χ0n) is 11.7. The van der Waals surface area contributed by atoms with Crippen molar-refractivity contribution in [2.24, 2.45) is 5.16 Å². The Bertz CT molecular complexity index is 805. The minimum absolute atomic E-state index is 0.119. The Morgan fingerprint density at radius 1 is 1.00 bits per heavy atom. The standard InChI is InChI=1S/C15H12Cl3NO3S/c16-12-3-5-14(6-4-12)23(20,21)8-7-19-22-10-11-1-2-13(17)9-15(11)18/h1-7,9H,8,10H2/b19-7-. The van der Waals surface area contributed by atoms with Gasteiger partial charge in [-0.3, -0.25) is 0 Å². The van der Waals surface area contributed by atoms with E-state index in [1.165, 1.54) is 30.5 Å². The molecule has 2 rings (SSSR count). The summed E-state index contributed by atoms with van der Waals surface area (Å²) in [5, 5.41) is 5.09. The first-order valence-corrected chi connectivity index (χ1v) is 9.23. The second-order valence-electron chi connectivity index (χ2n) is 4.53. The van der Waals surface area contributed by atoms with E-state index >= 15 is 0 Å². The maximum Gasteiger partial charge on any atom is 0.183 e. The minimum atomic E-state index is -3.47. The van der Waals surface area contributed by atoms with E-state index in [2.05, 4.69) is 5.16 Å². The van der Waals surface area contributed by atoms with Crippen molar-refractivity contribution >= 4 is 50.9 Å². The van der Waals surface area contributed by atoms with Crippen LogP contribution in [0.5, 0.6) is 0 Å². The van der Waals surface area contributed by atoms with Crippen LogP contribution < -0.4 is 0 Å². The molecular formula is C15H12Cl3NO3S. The molecule has 2 aromatic carbocycles. The largest absolute Gasteiger partial charge is 0.391 e. The zero-order chi connectivity index (χ0) is 16.9. The summed E-state index contributed by atoms with van der Waals surface area (Å²) in [6, 6.07) is 10.9. The number of halogens is 3. The van der Waals surface area contributed by atoms with Gasteiger partial charge in [-0.25, -0.2) is 8.42 Å². The Morgan fingerprint density at radius 3 is 2.30 bits per heavy atom. The van der Waals surface area contributed by atoms with Crippen LogP contribution in [-0.2, 0) is 21.3 Å². The molecule has 0 bridgehead atoms. The molecule has 4 nitrogen and oxygen atoms in total. The number of oxime groups is 1. The molecule has 0 aliphatic heterocycles. The molecule has 0 aliphatic rings. The van der Waals surface area contributed by atoms with Crippen molar-refractivity contribution in [3.8, 4) is 0 Å². The molecule has 23 heavy (non-hydrogen) atoms. The second-order valence-corrected chi connectivity index (χ2v) is 7.85. The van der Waals surface area contributed by atoms with Gasteiger partial charge >= 0.3 is 0 Å². The van der Waals surface area contributed by atoms with E-state index in [9.17, 15) is 8.42 Å². The fourth-order valence-corrected chi connectivity index (χ4v) is 3.25. The van der Waals surface area contributed by atoms with Crippen molar-refractivity contribution in [3.05, 3.63) is 63.1 Å². The fourth-order valence-electron chi connectivity index (χ4n) is 1.66. The van der Waals surface area contributed by atoms with Gasteiger partial charge in [0.25, 0.3) is 0 Å². The van der Waals surface area contributed by atoms with Crippen molar-refractivity contribution in [2.45, 2.75) is 11.5 Å². The Morgan fingerprint density at radius 2 is 1.65 bits per heavy atom. The van der Waals surface area contributed by atoms with Gasteiger partial charge in [-0.05, 0) is 36.4 Å². The number of hydrogen-bond donors (Lipinski definition) is 0. The molecule has 8 heteroatoms. The van der Waals surface area contributed by atoms with Crippen molar-refractivity contribution in [3.63, 3.8) is 0 Å². The first-order valence-electron chi connectivity index (χ1n) is 6.44. The lowest BCUT2D eigenvalue weighted by molar-refractivity contribution is 0.132. The Labute approximate surface area is 149 Å². The average Bonchev–Trinajstić information content (AvgIpc) is 2.49. The van der Waals surface area contributed by atoms with Crippen LogP contribution >= 0.6 is 34.8 Å². The SMILES string of the molecule is O=S(=O)(C/C=N\OCc1ccc(Cl)cc1Cl)c1ccc(Cl)cc1. The van der Waals surface area contributed by atoms with Crippen LogP contribution in [0, 0.1) is 0 Å². The minimum Gasteiger partial charge on any atom is -0.391 e. The molecule has 0 aliphatic carbocycles. The van der Waals surface area contributed by atoms with Crippen LogP contribution in [0.1, 0.15) is 5.56 Å². The van der Waals surface area contributed by atoms with Gasteiger partial charge in [0, 0.05) is 20.6 Å². The molecule has 0 aromatic heterocycles. The van der Waals surface area contributed by atoms with E-state index in [4.69, 9.17) is 39.6 Å². The maximum atomic E-state index is 12.0. The Hall–Kier alpha value is -1.27. The summed E-state index contributed by atoms with van der Waals surface area (Å²) in [6.45, 7) is 0.119. The number of sulfone groups is 1. The molecule has 0 amide bonds. The third-order valence-electron chi connectivity index (χ3n) is 2.85. The Balaban J connectivity index is 1.90. The first-order chi connectivity index (χ1) is 10.9. The second kappa shape index (κ2) is 8.02. The smallest absolute Gasteiger partial charge is 0.183 e. The Kier molecular flexibility index (Phi) is 6.30. The van der Waals surface area contributed by atoms with Gasteiger partial charge in [0.1, 0.15) is 6.61 Å². The summed E-state index contributed by atoms with van der Waals surface area (Å²) in [5.41, 5.74) is 0.703. The number of rotatable bonds is 6. The topological polar surface area (TPSA) is 55.7 Å². The highest BCUT2D eigenvalue weighted by Gasteiger charge is 2.12. The lowest BCUT2D eigenvalue weighted by Crippen LogP contribution is -2.07. The number of nitrogens with zero attached hydrogens (tertiary/aromatic N) is 1. The molecule has 0 spiro atoms. The number of hydrogen-bond acceptors (Lipinski definition) is 4. The van der Waals surface area contributed by atoms with Crippen LogP contribution in [0.15, 0.2) is 52.5 Å². The zero-order valence-corrected chi connectivity index (χ0v) is 14.8. The fraction of sp³-hybridized carbons (Fsp3) is 0.133. The molecule has 0 unspecified atom stereocenters. The predicted molar refractivity (Wildman–Crippen MR) is 93.2 cm³/mol. The van der Waals surface area contributed by atoms with Gasteiger partial charge in [0.2, 0.25) is 0 Å². The van der Waals surface area contributed by atoms with Crippen molar-refractivity contribution in [1.82, 2.24) is 0 Å². The molecule has 0 atom stereocenters. The van der Waals surface area contributed by atoms with Crippen LogP contribution in [0.4, 0.5) is 0 Å². The van der Waals surface area contributed by atoms with E-state index in [-0.39, 0.29) is 17.3 Å². The summed E-state index contributed by atoms with van der Waals surface area (Å²) in [6.07, 6.45) is 1.19. The van der Waals surface area contributed by atoms with E-state index in [0.717, 1.165) is 0 Å². The molecule has 0 N–H and O–H groups in total. The van der Waals surface area contributed by atoms with Crippen LogP contribution in [-0.4, -0.2) is 20.4 Å². The maximum absolute atomic E-state index is 12.0. The van der Waals surface area contributed by atoms with E-state index in [1.54, 1.807) is 18.2 Å². The average molecular weight is 393 g/mol. The highest BCUT2D eigenvalue weighted by Crippen LogP contribution is 2.21. The molecule has 0 fully saturated rings. The van der Waals surface area contributed by atoms with E-state index in [1.807, 2.05) is 0 Å². The van der Waals surface area contributed by atoms with Gasteiger partial charge in [0.05, 0.1) is 16.9 Å². The molecule has 0 heterocycles. The summed E-state index contributed by atoms with van der Waals surface area (Å²) in [4.78, 5) is 5.22. The molecular weight excluding hydrogens is 381 g/mol. The highest BCUT2D eigenvalue weighted by atomic mass is 35.5. The summed E-state index contributed by atoms with van der Waals surface area (Å²) >= 11 is 17.5. The third kappa shape index (κ3) is 5.39. The van der Waals surface area contributed by atoms with Gasteiger partial charge in [0.15, 0.2) is 9.84 Å². The van der Waals surface area contributed by atoms with Crippen molar-refractivity contribution in [1.29, 1.82) is 0 Å². The summed E-state index contributed by atoms with van der Waals surface area (Å²) < 4.78 is 24.1. The van der Waals surface area contributed by atoms with Gasteiger partial charge in [-0.15, -0.1) is 0 Å². The van der Waals surface area contributed by atoms with Gasteiger partial charge < -0.3 is 4.84 Å². The van der Waals surface area contributed by atoms with Crippen molar-refractivity contribution < 1.29 is 13.3 Å². The summed E-state index contributed by atoms with van der Waals surface area (Å²) in [7, 11) is -3.47. The van der Waals surface area contributed by atoms with Gasteiger partial charge in [-0.1, -0.05) is 46.0 Å². The van der Waals surface area contributed by atoms with Crippen LogP contribution in [0.25, 0.3) is 0 Å². The lowest BCUT2D eigenvalue weighted by atomic mass is 10.2. The molecule has 122 valence electrons. The number of benzene rings is 2. The molecule has 0 radical (unpaired) electrons. The van der Waals surface area contributed by atoms with Crippen molar-refractivity contribution in [2.75, 3.05) is 5.75 Å². The van der Waals surface area contributed by atoms with Crippen LogP contribution in [0.3, 0.4) is 0 Å². The lowest BCUT2D eigenvalue weighted by Gasteiger charge is -2.03. The summed E-state index contributed by atoms with van der Waals surface area (Å²) in [5.74, 6) is -0.275.